The van der Waals surface area contributed by atoms with E-state index < -0.39 is 0 Å². The van der Waals surface area contributed by atoms with Crippen LogP contribution in [0.5, 0.6) is 11.5 Å². The number of hydrogen-bond donors (Lipinski definition) is 0. The number of nitrogens with zero attached hydrogens (tertiary/aromatic N) is 3. The monoisotopic (exact) mass is 473 g/mol. The lowest BCUT2D eigenvalue weighted by atomic mass is 10.0. The Morgan fingerprint density at radius 2 is 1.50 bits per heavy atom. The Balaban J connectivity index is 1.61. The van der Waals surface area contributed by atoms with Gasteiger partial charge in [0.05, 0.1) is 14.2 Å². The van der Waals surface area contributed by atoms with E-state index in [0.29, 0.717) is 33.7 Å². The second-order valence-corrected chi connectivity index (χ2v) is 9.17. The average molecular weight is 474 g/mol. The number of hydrogen-bond acceptors (Lipinski definition) is 6. The van der Waals surface area contributed by atoms with Gasteiger partial charge in [0, 0.05) is 17.7 Å². The van der Waals surface area contributed by atoms with Crippen LogP contribution in [0.4, 0.5) is 5.13 Å². The molecular formula is C27H27N3O3S. The molecule has 1 aromatic heterocycles. The maximum atomic E-state index is 13.5. The number of ether oxygens (including phenoxy) is 2. The fraction of sp³-hybridized carbons (Fsp3) is 0.222. The van der Waals surface area contributed by atoms with Gasteiger partial charge in [-0.1, -0.05) is 67.6 Å². The minimum atomic E-state index is -0.0941. The lowest BCUT2D eigenvalue weighted by Crippen LogP contribution is -2.34. The summed E-state index contributed by atoms with van der Waals surface area (Å²) in [6.45, 7) is 4.70. The Kier molecular flexibility index (Phi) is 7.23. The molecule has 1 heterocycles. The van der Waals surface area contributed by atoms with Gasteiger partial charge in [0.15, 0.2) is 11.5 Å². The Bertz CT molecular complexity index is 1250. The molecule has 0 unspecified atom stereocenters. The topological polar surface area (TPSA) is 64.6 Å². The van der Waals surface area contributed by atoms with Crippen molar-refractivity contribution in [1.82, 2.24) is 10.2 Å². The number of carbonyl (C=O) groups is 1. The largest absolute Gasteiger partial charge is 0.493 e. The van der Waals surface area contributed by atoms with Gasteiger partial charge in [0.25, 0.3) is 5.91 Å². The number of amides is 1. The van der Waals surface area contributed by atoms with Crippen molar-refractivity contribution in [3.05, 3.63) is 78.4 Å². The molecule has 7 heteroatoms. The van der Waals surface area contributed by atoms with E-state index in [2.05, 4.69) is 36.2 Å². The summed E-state index contributed by atoms with van der Waals surface area (Å²) in [5.74, 6) is 1.43. The molecule has 1 amide bonds. The molecule has 3 aromatic carbocycles. The molecule has 0 atom stereocenters. The van der Waals surface area contributed by atoms with Gasteiger partial charge in [-0.15, -0.1) is 10.2 Å². The summed E-state index contributed by atoms with van der Waals surface area (Å²) in [6, 6.07) is 23.4. The summed E-state index contributed by atoms with van der Waals surface area (Å²) in [5, 5.41) is 9.98. The molecule has 4 aromatic rings. The number of anilines is 1. The van der Waals surface area contributed by atoms with Crippen molar-refractivity contribution < 1.29 is 14.3 Å². The van der Waals surface area contributed by atoms with Crippen LogP contribution in [0.1, 0.15) is 24.2 Å². The van der Waals surface area contributed by atoms with Crippen LogP contribution in [0.2, 0.25) is 0 Å². The minimum Gasteiger partial charge on any atom is -0.493 e. The highest BCUT2D eigenvalue weighted by atomic mass is 32.1. The van der Waals surface area contributed by atoms with Crippen molar-refractivity contribution in [3.63, 3.8) is 0 Å². The molecule has 34 heavy (non-hydrogen) atoms. The molecule has 0 spiro atoms. The highest BCUT2D eigenvalue weighted by Gasteiger charge is 2.23. The van der Waals surface area contributed by atoms with Crippen molar-refractivity contribution in [2.24, 2.45) is 5.92 Å². The molecule has 0 radical (unpaired) electrons. The van der Waals surface area contributed by atoms with E-state index in [1.54, 1.807) is 19.1 Å². The van der Waals surface area contributed by atoms with E-state index in [-0.39, 0.29) is 11.8 Å². The lowest BCUT2D eigenvalue weighted by molar-refractivity contribution is 0.0983. The SMILES string of the molecule is COc1ccc(-c2nnc(N(CC(C)C)C(=O)c3ccc(-c4ccccc4)cc3)s2)cc1OC. The Morgan fingerprint density at radius 1 is 0.853 bits per heavy atom. The highest BCUT2D eigenvalue weighted by Crippen LogP contribution is 2.35. The second-order valence-electron chi connectivity index (χ2n) is 8.21. The van der Waals surface area contributed by atoms with Crippen LogP contribution in [0.15, 0.2) is 72.8 Å². The summed E-state index contributed by atoms with van der Waals surface area (Å²) in [5.41, 5.74) is 3.65. The van der Waals surface area contributed by atoms with Gasteiger partial charge in [0.2, 0.25) is 5.13 Å². The molecule has 0 aliphatic carbocycles. The molecule has 4 rings (SSSR count). The fourth-order valence-electron chi connectivity index (χ4n) is 3.62. The van der Waals surface area contributed by atoms with Gasteiger partial charge in [-0.25, -0.2) is 0 Å². The summed E-state index contributed by atoms with van der Waals surface area (Å²) in [7, 11) is 3.20. The lowest BCUT2D eigenvalue weighted by Gasteiger charge is -2.21. The maximum Gasteiger partial charge on any atom is 0.260 e. The molecule has 0 saturated heterocycles. The Morgan fingerprint density at radius 3 is 2.15 bits per heavy atom. The molecule has 0 aliphatic rings. The smallest absolute Gasteiger partial charge is 0.260 e. The predicted molar refractivity (Wildman–Crippen MR) is 137 cm³/mol. The molecule has 174 valence electrons. The number of aromatic nitrogens is 2. The van der Waals surface area contributed by atoms with E-state index in [1.807, 2.05) is 60.7 Å². The van der Waals surface area contributed by atoms with Crippen LogP contribution < -0.4 is 14.4 Å². The molecule has 0 aliphatic heterocycles. The first kappa shape index (κ1) is 23.4. The van der Waals surface area contributed by atoms with E-state index in [9.17, 15) is 4.79 Å². The molecule has 6 nitrogen and oxygen atoms in total. The van der Waals surface area contributed by atoms with E-state index in [1.165, 1.54) is 11.3 Å². The molecule has 0 bridgehead atoms. The highest BCUT2D eigenvalue weighted by molar-refractivity contribution is 7.18. The molecule has 0 N–H and O–H groups in total. The zero-order valence-electron chi connectivity index (χ0n) is 19.7. The maximum absolute atomic E-state index is 13.5. The predicted octanol–water partition coefficient (Wildman–Crippen LogP) is 6.19. The fourth-order valence-corrected chi connectivity index (χ4v) is 4.46. The number of methoxy groups -OCH3 is 2. The summed E-state index contributed by atoms with van der Waals surface area (Å²) < 4.78 is 10.7. The van der Waals surface area contributed by atoms with E-state index in [4.69, 9.17) is 9.47 Å². The zero-order chi connectivity index (χ0) is 24.1. The van der Waals surface area contributed by atoms with Crippen LogP contribution in [0.3, 0.4) is 0 Å². The van der Waals surface area contributed by atoms with Crippen molar-refractivity contribution in [2.45, 2.75) is 13.8 Å². The average Bonchev–Trinajstić information content (AvgIpc) is 3.37. The third-order valence-corrected chi connectivity index (χ3v) is 6.30. The van der Waals surface area contributed by atoms with Crippen molar-refractivity contribution in [1.29, 1.82) is 0 Å². The first-order valence-electron chi connectivity index (χ1n) is 11.0. The Hall–Kier alpha value is -3.71. The number of carbonyl (C=O) groups excluding carboxylic acids is 1. The number of benzene rings is 3. The first-order valence-corrected chi connectivity index (χ1v) is 11.8. The Labute approximate surface area is 203 Å². The van der Waals surface area contributed by atoms with Crippen molar-refractivity contribution in [3.8, 4) is 33.2 Å². The second kappa shape index (κ2) is 10.5. The summed E-state index contributed by atoms with van der Waals surface area (Å²) in [6.07, 6.45) is 0. The molecule has 0 saturated carbocycles. The summed E-state index contributed by atoms with van der Waals surface area (Å²) in [4.78, 5) is 15.2. The van der Waals surface area contributed by atoms with Gasteiger partial charge in [-0.2, -0.15) is 0 Å². The van der Waals surface area contributed by atoms with E-state index in [0.717, 1.165) is 16.7 Å². The first-order chi connectivity index (χ1) is 16.5. The standard InChI is InChI=1S/C27H27N3O3S/c1-18(2)17-30(26(31)21-12-10-20(11-13-21)19-8-6-5-7-9-19)27-29-28-25(34-27)22-14-15-23(32-3)24(16-22)33-4/h5-16,18H,17H2,1-4H3. The normalized spacial score (nSPS) is 10.9. The van der Waals surface area contributed by atoms with Crippen LogP contribution >= 0.6 is 11.3 Å². The van der Waals surface area contributed by atoms with E-state index >= 15 is 0 Å². The summed E-state index contributed by atoms with van der Waals surface area (Å²) >= 11 is 1.38. The van der Waals surface area contributed by atoms with Crippen LogP contribution in [0.25, 0.3) is 21.7 Å². The van der Waals surface area contributed by atoms with Gasteiger partial charge < -0.3 is 9.47 Å². The minimum absolute atomic E-state index is 0.0941. The third-order valence-electron chi connectivity index (χ3n) is 5.31. The van der Waals surface area contributed by atoms with Gasteiger partial charge >= 0.3 is 0 Å². The van der Waals surface area contributed by atoms with Crippen molar-refractivity contribution in [2.75, 3.05) is 25.7 Å². The van der Waals surface area contributed by atoms with Gasteiger partial charge in [0.1, 0.15) is 5.01 Å². The zero-order valence-corrected chi connectivity index (χ0v) is 20.5. The van der Waals surface area contributed by atoms with Crippen molar-refractivity contribution >= 4 is 22.4 Å². The van der Waals surface area contributed by atoms with Crippen LogP contribution in [-0.2, 0) is 0 Å². The molecular weight excluding hydrogens is 446 g/mol. The molecule has 0 fully saturated rings. The van der Waals surface area contributed by atoms with Gasteiger partial charge in [-0.05, 0) is 47.4 Å². The quantitative estimate of drug-likeness (QED) is 0.305. The van der Waals surface area contributed by atoms with Crippen LogP contribution in [-0.4, -0.2) is 36.9 Å². The number of rotatable bonds is 8. The third kappa shape index (κ3) is 5.10. The van der Waals surface area contributed by atoms with Gasteiger partial charge in [-0.3, -0.25) is 9.69 Å². The van der Waals surface area contributed by atoms with Crippen LogP contribution in [0, 0.1) is 5.92 Å².